The first-order valence-corrected chi connectivity index (χ1v) is 5.40. The Balaban J connectivity index is 2.36. The van der Waals surface area contributed by atoms with E-state index < -0.39 is 5.97 Å². The first kappa shape index (κ1) is 12.6. The van der Waals surface area contributed by atoms with Crippen LogP contribution >= 0.6 is 0 Å². The second-order valence-corrected chi connectivity index (χ2v) is 3.77. The van der Waals surface area contributed by atoms with E-state index in [-0.39, 0.29) is 17.0 Å². The fraction of sp³-hybridized carbons (Fsp3) is 0. The molecule has 0 atom stereocenters. The molecule has 0 aliphatic rings. The maximum atomic E-state index is 11.0. The van der Waals surface area contributed by atoms with Gasteiger partial charge in [-0.15, -0.1) is 5.11 Å². The largest absolute Gasteiger partial charge is 0.507 e. The van der Waals surface area contributed by atoms with Crippen molar-refractivity contribution in [3.63, 3.8) is 0 Å². The van der Waals surface area contributed by atoms with E-state index in [1.54, 1.807) is 24.3 Å². The lowest BCUT2D eigenvalue weighted by Crippen LogP contribution is -1.96. The van der Waals surface area contributed by atoms with Gasteiger partial charge in [-0.2, -0.15) is 5.11 Å². The summed E-state index contributed by atoms with van der Waals surface area (Å²) in [5.41, 5.74) is 6.48. The highest BCUT2D eigenvalue weighted by atomic mass is 16.4. The Kier molecular flexibility index (Phi) is 3.42. The number of carbonyl (C=O) groups is 1. The Labute approximate surface area is 108 Å². The number of azo groups is 1. The van der Waals surface area contributed by atoms with Gasteiger partial charge in [-0.05, 0) is 36.4 Å². The lowest BCUT2D eigenvalue weighted by Gasteiger charge is -2.02. The van der Waals surface area contributed by atoms with Crippen LogP contribution in [-0.4, -0.2) is 16.2 Å². The van der Waals surface area contributed by atoms with Gasteiger partial charge in [0.1, 0.15) is 17.0 Å². The van der Waals surface area contributed by atoms with Crippen molar-refractivity contribution in [2.45, 2.75) is 0 Å². The molecule has 0 radical (unpaired) electrons. The van der Waals surface area contributed by atoms with Crippen molar-refractivity contribution >= 4 is 23.0 Å². The number of benzene rings is 2. The number of anilines is 1. The Bertz CT molecular complexity index is 636. The highest BCUT2D eigenvalue weighted by molar-refractivity contribution is 5.96. The van der Waals surface area contributed by atoms with Crippen LogP contribution in [0.1, 0.15) is 10.4 Å². The molecule has 0 aromatic heterocycles. The summed E-state index contributed by atoms with van der Waals surface area (Å²) in [7, 11) is 0. The van der Waals surface area contributed by atoms with Gasteiger partial charge in [0.25, 0.3) is 0 Å². The first-order valence-electron chi connectivity index (χ1n) is 5.40. The van der Waals surface area contributed by atoms with Crippen molar-refractivity contribution in [2.75, 3.05) is 5.73 Å². The minimum Gasteiger partial charge on any atom is -0.507 e. The zero-order valence-electron chi connectivity index (χ0n) is 9.82. The molecule has 6 heteroatoms. The molecule has 0 spiro atoms. The topological polar surface area (TPSA) is 108 Å². The Morgan fingerprint density at radius 1 is 1.05 bits per heavy atom. The minimum atomic E-state index is -1.26. The lowest BCUT2D eigenvalue weighted by atomic mass is 10.1. The molecular weight excluding hydrogens is 246 g/mol. The number of aromatic carboxylic acids is 1. The molecule has 0 aliphatic carbocycles. The number of carboxylic acid groups (broad SMARTS) is 1. The summed E-state index contributed by atoms with van der Waals surface area (Å²) in [6.07, 6.45) is 0. The second-order valence-electron chi connectivity index (χ2n) is 3.77. The van der Waals surface area contributed by atoms with E-state index in [1.807, 2.05) is 0 Å². The SMILES string of the molecule is Nc1ccc(N=Nc2cccc(O)c2C(=O)O)cc1. The smallest absolute Gasteiger partial charge is 0.341 e. The molecule has 6 nitrogen and oxygen atoms in total. The number of rotatable bonds is 3. The molecule has 0 aliphatic heterocycles. The number of hydrogen-bond donors (Lipinski definition) is 3. The van der Waals surface area contributed by atoms with Gasteiger partial charge in [0.05, 0.1) is 5.69 Å². The quantitative estimate of drug-likeness (QED) is 0.579. The zero-order valence-corrected chi connectivity index (χ0v) is 9.82. The molecular formula is C13H11N3O3. The molecule has 0 saturated carbocycles. The summed E-state index contributed by atoms with van der Waals surface area (Å²) in [4.78, 5) is 11.0. The van der Waals surface area contributed by atoms with Gasteiger partial charge in [0.15, 0.2) is 0 Å². The van der Waals surface area contributed by atoms with E-state index in [0.29, 0.717) is 11.4 Å². The molecule has 19 heavy (non-hydrogen) atoms. The number of nitrogens with two attached hydrogens (primary N) is 1. The minimum absolute atomic E-state index is 0.0873. The maximum absolute atomic E-state index is 11.0. The molecule has 0 amide bonds. The molecule has 0 fully saturated rings. The van der Waals surface area contributed by atoms with Gasteiger partial charge in [-0.3, -0.25) is 0 Å². The molecule has 2 aromatic rings. The number of phenols is 1. The van der Waals surface area contributed by atoms with Crippen LogP contribution in [-0.2, 0) is 0 Å². The standard InChI is InChI=1S/C13H11N3O3/c14-8-4-6-9(7-5-8)15-16-10-2-1-3-11(17)12(10)13(18)19/h1-7,17H,14H2,(H,18,19). The maximum Gasteiger partial charge on any atom is 0.341 e. The monoisotopic (exact) mass is 257 g/mol. The number of nitrogens with zero attached hydrogens (tertiary/aromatic N) is 2. The number of aromatic hydroxyl groups is 1. The van der Waals surface area contributed by atoms with Crippen LogP contribution in [0, 0.1) is 0 Å². The summed E-state index contributed by atoms with van der Waals surface area (Å²) in [5, 5.41) is 26.2. The Morgan fingerprint density at radius 3 is 2.37 bits per heavy atom. The summed E-state index contributed by atoms with van der Waals surface area (Å²) >= 11 is 0. The molecule has 96 valence electrons. The molecule has 0 unspecified atom stereocenters. The average Bonchev–Trinajstić information content (AvgIpc) is 2.37. The van der Waals surface area contributed by atoms with Crippen molar-refractivity contribution in [2.24, 2.45) is 10.2 Å². The number of carboxylic acids is 1. The third kappa shape index (κ3) is 2.86. The highest BCUT2D eigenvalue weighted by Crippen LogP contribution is 2.29. The third-order valence-electron chi connectivity index (χ3n) is 2.40. The predicted molar refractivity (Wildman–Crippen MR) is 70.1 cm³/mol. The summed E-state index contributed by atoms with van der Waals surface area (Å²) in [5.74, 6) is -1.61. The van der Waals surface area contributed by atoms with E-state index in [4.69, 9.17) is 10.8 Å². The molecule has 2 aromatic carbocycles. The van der Waals surface area contributed by atoms with Gasteiger partial charge in [-0.1, -0.05) is 6.07 Å². The highest BCUT2D eigenvalue weighted by Gasteiger charge is 2.14. The van der Waals surface area contributed by atoms with Gasteiger partial charge in [0, 0.05) is 5.69 Å². The van der Waals surface area contributed by atoms with E-state index in [2.05, 4.69) is 10.2 Å². The molecule has 4 N–H and O–H groups in total. The van der Waals surface area contributed by atoms with Gasteiger partial charge in [0.2, 0.25) is 0 Å². The van der Waals surface area contributed by atoms with Gasteiger partial charge < -0.3 is 15.9 Å². The van der Waals surface area contributed by atoms with Gasteiger partial charge >= 0.3 is 5.97 Å². The summed E-state index contributed by atoms with van der Waals surface area (Å²) < 4.78 is 0. The molecule has 0 heterocycles. The van der Waals surface area contributed by atoms with Crippen LogP contribution in [0.25, 0.3) is 0 Å². The fourth-order valence-corrected chi connectivity index (χ4v) is 1.48. The Hall–Kier alpha value is -2.89. The predicted octanol–water partition coefficient (Wildman–Crippen LogP) is 3.09. The van der Waals surface area contributed by atoms with E-state index >= 15 is 0 Å². The van der Waals surface area contributed by atoms with Crippen molar-refractivity contribution in [3.8, 4) is 5.75 Å². The third-order valence-corrected chi connectivity index (χ3v) is 2.40. The van der Waals surface area contributed by atoms with Crippen LogP contribution in [0.5, 0.6) is 5.75 Å². The zero-order chi connectivity index (χ0) is 13.8. The van der Waals surface area contributed by atoms with Crippen LogP contribution in [0.3, 0.4) is 0 Å². The van der Waals surface area contributed by atoms with E-state index in [0.717, 1.165) is 0 Å². The lowest BCUT2D eigenvalue weighted by molar-refractivity contribution is 0.0694. The van der Waals surface area contributed by atoms with Crippen molar-refractivity contribution in [1.29, 1.82) is 0 Å². The summed E-state index contributed by atoms with van der Waals surface area (Å²) in [6, 6.07) is 10.9. The van der Waals surface area contributed by atoms with Crippen molar-refractivity contribution in [1.82, 2.24) is 0 Å². The van der Waals surface area contributed by atoms with Crippen LogP contribution < -0.4 is 5.73 Å². The van der Waals surface area contributed by atoms with Crippen LogP contribution in [0.4, 0.5) is 17.1 Å². The van der Waals surface area contributed by atoms with E-state index in [9.17, 15) is 9.90 Å². The summed E-state index contributed by atoms with van der Waals surface area (Å²) in [6.45, 7) is 0. The number of nitrogen functional groups attached to an aromatic ring is 1. The van der Waals surface area contributed by atoms with E-state index in [1.165, 1.54) is 18.2 Å². The Morgan fingerprint density at radius 2 is 1.74 bits per heavy atom. The molecule has 0 saturated heterocycles. The number of hydrogen-bond acceptors (Lipinski definition) is 5. The second kappa shape index (κ2) is 5.18. The van der Waals surface area contributed by atoms with Gasteiger partial charge in [-0.25, -0.2) is 4.79 Å². The average molecular weight is 257 g/mol. The molecule has 0 bridgehead atoms. The van der Waals surface area contributed by atoms with Crippen molar-refractivity contribution in [3.05, 3.63) is 48.0 Å². The van der Waals surface area contributed by atoms with Crippen LogP contribution in [0.2, 0.25) is 0 Å². The molecule has 2 rings (SSSR count). The fourth-order valence-electron chi connectivity index (χ4n) is 1.48. The first-order chi connectivity index (χ1) is 9.08. The normalized spacial score (nSPS) is 10.7. The van der Waals surface area contributed by atoms with Crippen molar-refractivity contribution < 1.29 is 15.0 Å². The van der Waals surface area contributed by atoms with Crippen LogP contribution in [0.15, 0.2) is 52.7 Å².